The topological polar surface area (TPSA) is 49.0 Å². The molecule has 0 spiro atoms. The molecule has 1 aromatic rings. The van der Waals surface area contributed by atoms with Crippen LogP contribution in [0.3, 0.4) is 0 Å². The molecule has 5 nitrogen and oxygen atoms in total. The van der Waals surface area contributed by atoms with Crippen LogP contribution in [0.15, 0.2) is 24.3 Å². The zero-order valence-electron chi connectivity index (χ0n) is 13.1. The van der Waals surface area contributed by atoms with E-state index in [-0.39, 0.29) is 0 Å². The highest BCUT2D eigenvalue weighted by Gasteiger charge is 1.95. The normalized spacial score (nSPS) is 10.6. The van der Waals surface area contributed by atoms with Crippen molar-refractivity contribution in [3.05, 3.63) is 24.3 Å². The van der Waals surface area contributed by atoms with Crippen molar-refractivity contribution in [3.8, 4) is 11.5 Å². The van der Waals surface area contributed by atoms with Crippen LogP contribution in [-0.2, 0) is 9.47 Å². The number of methoxy groups -OCH3 is 2. The summed E-state index contributed by atoms with van der Waals surface area (Å²) >= 11 is 0. The molecule has 0 bridgehead atoms. The Bertz CT molecular complexity index is 343. The summed E-state index contributed by atoms with van der Waals surface area (Å²) in [5, 5.41) is 3.35. The fraction of sp³-hybridized carbons (Fsp3) is 0.625. The van der Waals surface area contributed by atoms with E-state index in [2.05, 4.69) is 5.32 Å². The SMILES string of the molecule is COCCOCCCCNCCOc1ccc(OC)cc1. The molecule has 0 radical (unpaired) electrons. The summed E-state index contributed by atoms with van der Waals surface area (Å²) < 4.78 is 21.0. The maximum Gasteiger partial charge on any atom is 0.119 e. The van der Waals surface area contributed by atoms with Gasteiger partial charge in [0.25, 0.3) is 0 Å². The number of benzene rings is 1. The Hall–Kier alpha value is -1.30. The number of hydrogen-bond acceptors (Lipinski definition) is 5. The molecule has 0 aliphatic carbocycles. The van der Waals surface area contributed by atoms with Gasteiger partial charge in [-0.3, -0.25) is 0 Å². The minimum Gasteiger partial charge on any atom is -0.497 e. The summed E-state index contributed by atoms with van der Waals surface area (Å²) in [6.45, 7) is 4.64. The van der Waals surface area contributed by atoms with E-state index in [1.54, 1.807) is 14.2 Å². The summed E-state index contributed by atoms with van der Waals surface area (Å²) in [5.41, 5.74) is 0. The Kier molecular flexibility index (Phi) is 10.5. The highest BCUT2D eigenvalue weighted by molar-refractivity contribution is 5.31. The van der Waals surface area contributed by atoms with Crippen molar-refractivity contribution in [3.63, 3.8) is 0 Å². The Morgan fingerprint density at radius 1 is 0.810 bits per heavy atom. The molecule has 0 heterocycles. The van der Waals surface area contributed by atoms with Gasteiger partial charge in [0, 0.05) is 20.3 Å². The molecular formula is C16H27NO4. The molecule has 0 unspecified atom stereocenters. The molecule has 1 aromatic carbocycles. The van der Waals surface area contributed by atoms with E-state index in [0.29, 0.717) is 19.8 Å². The van der Waals surface area contributed by atoms with Crippen molar-refractivity contribution in [2.45, 2.75) is 12.8 Å². The number of unbranched alkanes of at least 4 members (excludes halogenated alkanes) is 1. The van der Waals surface area contributed by atoms with Gasteiger partial charge in [0.1, 0.15) is 18.1 Å². The van der Waals surface area contributed by atoms with Crippen LogP contribution >= 0.6 is 0 Å². The van der Waals surface area contributed by atoms with Gasteiger partial charge in [0.2, 0.25) is 0 Å². The van der Waals surface area contributed by atoms with Crippen molar-refractivity contribution in [1.82, 2.24) is 5.32 Å². The number of hydrogen-bond donors (Lipinski definition) is 1. The first-order valence-corrected chi connectivity index (χ1v) is 7.41. The Balaban J connectivity index is 1.88. The monoisotopic (exact) mass is 297 g/mol. The van der Waals surface area contributed by atoms with Crippen LogP contribution in [0.2, 0.25) is 0 Å². The van der Waals surface area contributed by atoms with E-state index in [0.717, 1.165) is 44.0 Å². The minimum atomic E-state index is 0.663. The Morgan fingerprint density at radius 3 is 2.29 bits per heavy atom. The second-order valence-electron chi connectivity index (χ2n) is 4.59. The van der Waals surface area contributed by atoms with Gasteiger partial charge in [-0.25, -0.2) is 0 Å². The zero-order valence-corrected chi connectivity index (χ0v) is 13.1. The first-order chi connectivity index (χ1) is 10.4. The van der Waals surface area contributed by atoms with Crippen molar-refractivity contribution in [2.75, 3.05) is 53.7 Å². The molecule has 0 aromatic heterocycles. The fourth-order valence-corrected chi connectivity index (χ4v) is 1.74. The van der Waals surface area contributed by atoms with Crippen LogP contribution in [0.4, 0.5) is 0 Å². The third kappa shape index (κ3) is 9.28. The van der Waals surface area contributed by atoms with Crippen LogP contribution in [0.25, 0.3) is 0 Å². The molecule has 1 rings (SSSR count). The second-order valence-corrected chi connectivity index (χ2v) is 4.59. The zero-order chi connectivity index (χ0) is 15.2. The van der Waals surface area contributed by atoms with Crippen LogP contribution in [0.5, 0.6) is 11.5 Å². The van der Waals surface area contributed by atoms with Gasteiger partial charge in [0.15, 0.2) is 0 Å². The lowest BCUT2D eigenvalue weighted by atomic mass is 10.3. The standard InChI is InChI=1S/C16H27NO4/c1-18-13-14-20-11-4-3-9-17-10-12-21-16-7-5-15(19-2)6-8-16/h5-8,17H,3-4,9-14H2,1-2H3. The molecule has 0 aliphatic rings. The van der Waals surface area contributed by atoms with E-state index in [9.17, 15) is 0 Å². The predicted octanol–water partition coefficient (Wildman–Crippen LogP) is 2.11. The molecule has 0 fully saturated rings. The number of rotatable bonds is 13. The van der Waals surface area contributed by atoms with Gasteiger partial charge in [-0.2, -0.15) is 0 Å². The predicted molar refractivity (Wildman–Crippen MR) is 83.3 cm³/mol. The first-order valence-electron chi connectivity index (χ1n) is 7.41. The lowest BCUT2D eigenvalue weighted by Crippen LogP contribution is -2.22. The lowest BCUT2D eigenvalue weighted by molar-refractivity contribution is 0.0688. The largest absolute Gasteiger partial charge is 0.497 e. The molecule has 120 valence electrons. The molecule has 0 aliphatic heterocycles. The maximum absolute atomic E-state index is 5.62. The highest BCUT2D eigenvalue weighted by Crippen LogP contribution is 2.16. The summed E-state index contributed by atoms with van der Waals surface area (Å²) in [5.74, 6) is 1.71. The number of nitrogens with one attached hydrogen (secondary N) is 1. The van der Waals surface area contributed by atoms with Crippen LogP contribution in [0.1, 0.15) is 12.8 Å². The average Bonchev–Trinajstić information content (AvgIpc) is 2.53. The van der Waals surface area contributed by atoms with Gasteiger partial charge in [-0.15, -0.1) is 0 Å². The van der Waals surface area contributed by atoms with Crippen LogP contribution < -0.4 is 14.8 Å². The van der Waals surface area contributed by atoms with Gasteiger partial charge in [0.05, 0.1) is 20.3 Å². The summed E-state index contributed by atoms with van der Waals surface area (Å²) in [4.78, 5) is 0. The third-order valence-electron chi connectivity index (χ3n) is 2.93. The van der Waals surface area contributed by atoms with Crippen molar-refractivity contribution in [1.29, 1.82) is 0 Å². The molecule has 5 heteroatoms. The molecule has 0 atom stereocenters. The van der Waals surface area contributed by atoms with E-state index in [1.807, 2.05) is 24.3 Å². The van der Waals surface area contributed by atoms with Gasteiger partial charge in [-0.1, -0.05) is 0 Å². The summed E-state index contributed by atoms with van der Waals surface area (Å²) in [6.07, 6.45) is 2.17. The molecule has 21 heavy (non-hydrogen) atoms. The van der Waals surface area contributed by atoms with Crippen molar-refractivity contribution >= 4 is 0 Å². The molecule has 0 saturated heterocycles. The number of ether oxygens (including phenoxy) is 4. The lowest BCUT2D eigenvalue weighted by Gasteiger charge is -2.08. The van der Waals surface area contributed by atoms with Crippen LogP contribution in [-0.4, -0.2) is 53.7 Å². The molecule has 0 amide bonds. The second kappa shape index (κ2) is 12.4. The van der Waals surface area contributed by atoms with Gasteiger partial charge < -0.3 is 24.3 Å². The van der Waals surface area contributed by atoms with E-state index in [1.165, 1.54) is 0 Å². The summed E-state index contributed by atoms with van der Waals surface area (Å²) in [7, 11) is 3.34. The summed E-state index contributed by atoms with van der Waals surface area (Å²) in [6, 6.07) is 7.62. The maximum atomic E-state index is 5.62. The minimum absolute atomic E-state index is 0.663. The fourth-order valence-electron chi connectivity index (χ4n) is 1.74. The van der Waals surface area contributed by atoms with E-state index >= 15 is 0 Å². The Morgan fingerprint density at radius 2 is 1.57 bits per heavy atom. The highest BCUT2D eigenvalue weighted by atomic mass is 16.5. The van der Waals surface area contributed by atoms with Crippen molar-refractivity contribution in [2.24, 2.45) is 0 Å². The first kappa shape index (κ1) is 17.8. The molecular weight excluding hydrogens is 270 g/mol. The molecule has 1 N–H and O–H groups in total. The van der Waals surface area contributed by atoms with Gasteiger partial charge in [-0.05, 0) is 43.7 Å². The average molecular weight is 297 g/mol. The smallest absolute Gasteiger partial charge is 0.119 e. The van der Waals surface area contributed by atoms with E-state index in [4.69, 9.17) is 18.9 Å². The van der Waals surface area contributed by atoms with E-state index < -0.39 is 0 Å². The quantitative estimate of drug-likeness (QED) is 0.565. The van der Waals surface area contributed by atoms with Crippen LogP contribution in [0, 0.1) is 0 Å². The Labute approximate surface area is 127 Å². The molecule has 0 saturated carbocycles. The third-order valence-corrected chi connectivity index (χ3v) is 2.93. The van der Waals surface area contributed by atoms with Crippen molar-refractivity contribution < 1.29 is 18.9 Å². The van der Waals surface area contributed by atoms with Gasteiger partial charge >= 0.3 is 0 Å².